The van der Waals surface area contributed by atoms with E-state index in [9.17, 15) is 9.18 Å². The first-order valence-corrected chi connectivity index (χ1v) is 7.51. The molecule has 1 aromatic heterocycles. The van der Waals surface area contributed by atoms with E-state index in [0.717, 1.165) is 0 Å². The van der Waals surface area contributed by atoms with Gasteiger partial charge in [-0.25, -0.2) is 9.18 Å². The topological polar surface area (TPSA) is 51.2 Å². The number of nitrogens with one attached hydrogen (secondary N) is 1. The SMILES string of the molecule is CCOC(=O)c1cnccc1Nc1c(F)cc(I)cc1Cl. The minimum absolute atomic E-state index is 0.105. The molecule has 0 aliphatic carbocycles. The smallest absolute Gasteiger partial charge is 0.341 e. The zero-order valence-electron chi connectivity index (χ0n) is 11.0. The van der Waals surface area contributed by atoms with Crippen LogP contribution in [-0.2, 0) is 4.74 Å². The Morgan fingerprint density at radius 3 is 2.95 bits per heavy atom. The van der Waals surface area contributed by atoms with Gasteiger partial charge in [0.25, 0.3) is 0 Å². The summed E-state index contributed by atoms with van der Waals surface area (Å²) in [6.07, 6.45) is 2.85. The van der Waals surface area contributed by atoms with Gasteiger partial charge in [-0.2, -0.15) is 0 Å². The van der Waals surface area contributed by atoms with Crippen LogP contribution in [0.25, 0.3) is 0 Å². The summed E-state index contributed by atoms with van der Waals surface area (Å²) >= 11 is 8.01. The van der Waals surface area contributed by atoms with Gasteiger partial charge in [-0.1, -0.05) is 11.6 Å². The van der Waals surface area contributed by atoms with Gasteiger partial charge in [0, 0.05) is 16.0 Å². The van der Waals surface area contributed by atoms with Crippen LogP contribution in [0.4, 0.5) is 15.8 Å². The molecule has 0 saturated heterocycles. The molecule has 2 rings (SSSR count). The van der Waals surface area contributed by atoms with Gasteiger partial charge in [-0.3, -0.25) is 4.98 Å². The van der Waals surface area contributed by atoms with Crippen molar-refractivity contribution in [1.29, 1.82) is 0 Å². The first-order valence-electron chi connectivity index (χ1n) is 6.05. The van der Waals surface area contributed by atoms with E-state index >= 15 is 0 Å². The molecule has 0 radical (unpaired) electrons. The molecule has 0 bridgehead atoms. The van der Waals surface area contributed by atoms with Gasteiger partial charge in [0.1, 0.15) is 11.4 Å². The third-order valence-electron chi connectivity index (χ3n) is 2.58. The highest BCUT2D eigenvalue weighted by molar-refractivity contribution is 14.1. The number of esters is 1. The fourth-order valence-electron chi connectivity index (χ4n) is 1.67. The minimum atomic E-state index is -0.532. The largest absolute Gasteiger partial charge is 0.462 e. The van der Waals surface area contributed by atoms with Gasteiger partial charge in [0.2, 0.25) is 0 Å². The maximum absolute atomic E-state index is 14.0. The Morgan fingerprint density at radius 1 is 1.52 bits per heavy atom. The summed E-state index contributed by atoms with van der Waals surface area (Å²) in [5.74, 6) is -1.03. The van der Waals surface area contributed by atoms with E-state index in [2.05, 4.69) is 10.3 Å². The van der Waals surface area contributed by atoms with E-state index in [1.807, 2.05) is 22.6 Å². The molecule has 0 aliphatic rings. The summed E-state index contributed by atoms with van der Waals surface area (Å²) < 4.78 is 19.6. The lowest BCUT2D eigenvalue weighted by Crippen LogP contribution is -2.09. The number of hydrogen-bond acceptors (Lipinski definition) is 4. The summed E-state index contributed by atoms with van der Waals surface area (Å²) in [5.41, 5.74) is 0.702. The van der Waals surface area contributed by atoms with Gasteiger partial charge in [-0.15, -0.1) is 0 Å². The Labute approximate surface area is 139 Å². The van der Waals surface area contributed by atoms with Crippen molar-refractivity contribution in [3.8, 4) is 0 Å². The van der Waals surface area contributed by atoms with Crippen molar-refractivity contribution in [2.45, 2.75) is 6.92 Å². The monoisotopic (exact) mass is 420 g/mol. The highest BCUT2D eigenvalue weighted by atomic mass is 127. The Hall–Kier alpha value is -1.41. The van der Waals surface area contributed by atoms with Crippen LogP contribution in [0.15, 0.2) is 30.6 Å². The van der Waals surface area contributed by atoms with Gasteiger partial charge in [0.15, 0.2) is 0 Å². The third-order valence-corrected chi connectivity index (χ3v) is 3.50. The lowest BCUT2D eigenvalue weighted by molar-refractivity contribution is 0.0527. The fourth-order valence-corrected chi connectivity index (χ4v) is 2.70. The van der Waals surface area contributed by atoms with E-state index < -0.39 is 11.8 Å². The van der Waals surface area contributed by atoms with Crippen LogP contribution in [0.5, 0.6) is 0 Å². The highest BCUT2D eigenvalue weighted by Crippen LogP contribution is 2.31. The van der Waals surface area contributed by atoms with E-state index in [4.69, 9.17) is 16.3 Å². The van der Waals surface area contributed by atoms with Crippen molar-refractivity contribution < 1.29 is 13.9 Å². The Morgan fingerprint density at radius 2 is 2.29 bits per heavy atom. The zero-order valence-corrected chi connectivity index (χ0v) is 13.9. The lowest BCUT2D eigenvalue weighted by atomic mass is 10.2. The lowest BCUT2D eigenvalue weighted by Gasteiger charge is -2.13. The van der Waals surface area contributed by atoms with Crippen molar-refractivity contribution in [3.63, 3.8) is 0 Å². The summed E-state index contributed by atoms with van der Waals surface area (Å²) in [6, 6.07) is 4.53. The number of pyridine rings is 1. The molecule has 2 aromatic rings. The first-order chi connectivity index (χ1) is 10.0. The van der Waals surface area contributed by atoms with E-state index in [1.165, 1.54) is 18.5 Å². The molecule has 21 heavy (non-hydrogen) atoms. The van der Waals surface area contributed by atoms with E-state index in [1.54, 1.807) is 19.1 Å². The quantitative estimate of drug-likeness (QED) is 0.588. The molecule has 4 nitrogen and oxygen atoms in total. The maximum atomic E-state index is 14.0. The number of benzene rings is 1. The number of carbonyl (C=O) groups excluding carboxylic acids is 1. The van der Waals surface area contributed by atoms with Crippen LogP contribution >= 0.6 is 34.2 Å². The minimum Gasteiger partial charge on any atom is -0.462 e. The van der Waals surface area contributed by atoms with Crippen molar-refractivity contribution in [2.75, 3.05) is 11.9 Å². The van der Waals surface area contributed by atoms with Gasteiger partial charge in [0.05, 0.1) is 23.0 Å². The molecular formula is C14H11ClFIN2O2. The number of anilines is 2. The number of carbonyl (C=O) groups is 1. The molecule has 1 N–H and O–H groups in total. The summed E-state index contributed by atoms with van der Waals surface area (Å²) in [5, 5.41) is 3.05. The molecule has 0 aliphatic heterocycles. The normalized spacial score (nSPS) is 10.3. The van der Waals surface area contributed by atoms with Crippen LogP contribution in [-0.4, -0.2) is 17.6 Å². The van der Waals surface area contributed by atoms with Crippen molar-refractivity contribution >= 4 is 51.5 Å². The molecule has 0 fully saturated rings. The van der Waals surface area contributed by atoms with Crippen molar-refractivity contribution in [2.24, 2.45) is 0 Å². The maximum Gasteiger partial charge on any atom is 0.341 e. The number of rotatable bonds is 4. The Balaban J connectivity index is 2.39. The summed E-state index contributed by atoms with van der Waals surface area (Å²) in [7, 11) is 0. The molecule has 0 spiro atoms. The molecule has 1 aromatic carbocycles. The predicted molar refractivity (Wildman–Crippen MR) is 87.6 cm³/mol. The second-order valence-corrected chi connectivity index (χ2v) is 5.66. The summed E-state index contributed by atoms with van der Waals surface area (Å²) in [6.45, 7) is 1.95. The number of nitrogens with zero attached hydrogens (tertiary/aromatic N) is 1. The Kier molecular flexibility index (Phi) is 5.35. The molecular weight excluding hydrogens is 410 g/mol. The van der Waals surface area contributed by atoms with E-state index in [0.29, 0.717) is 9.26 Å². The van der Waals surface area contributed by atoms with Crippen LogP contribution < -0.4 is 5.32 Å². The molecule has 1 heterocycles. The van der Waals surface area contributed by atoms with Crippen LogP contribution in [0, 0.1) is 9.39 Å². The van der Waals surface area contributed by atoms with Crippen LogP contribution in [0.2, 0.25) is 5.02 Å². The van der Waals surface area contributed by atoms with Gasteiger partial charge < -0.3 is 10.1 Å². The number of aromatic nitrogens is 1. The molecule has 7 heteroatoms. The van der Waals surface area contributed by atoms with Crippen molar-refractivity contribution in [3.05, 3.63) is 50.6 Å². The van der Waals surface area contributed by atoms with Crippen molar-refractivity contribution in [1.82, 2.24) is 4.98 Å². The standard InChI is InChI=1S/C14H11ClFIN2O2/c1-2-21-14(20)9-7-18-4-3-12(9)19-13-10(15)5-8(17)6-11(13)16/h3-7H,2H2,1H3,(H,18,19). The molecule has 0 atom stereocenters. The molecule has 0 saturated carbocycles. The van der Waals surface area contributed by atoms with E-state index in [-0.39, 0.29) is 22.9 Å². The predicted octanol–water partition coefficient (Wildman–Crippen LogP) is 4.40. The average Bonchev–Trinajstić information content (AvgIpc) is 2.43. The van der Waals surface area contributed by atoms with Gasteiger partial charge in [-0.05, 0) is 47.7 Å². The number of hydrogen-bond donors (Lipinski definition) is 1. The summed E-state index contributed by atoms with van der Waals surface area (Å²) in [4.78, 5) is 15.7. The molecule has 110 valence electrons. The fraction of sp³-hybridized carbons (Fsp3) is 0.143. The number of ether oxygens (including phenoxy) is 1. The molecule has 0 amide bonds. The second-order valence-electron chi connectivity index (χ2n) is 4.01. The second kappa shape index (κ2) is 7.04. The molecule has 0 unspecified atom stereocenters. The number of halogens is 3. The first kappa shape index (κ1) is 16.0. The third kappa shape index (κ3) is 3.82. The van der Waals surface area contributed by atoms with Crippen LogP contribution in [0.1, 0.15) is 17.3 Å². The Bertz CT molecular complexity index is 659. The zero-order chi connectivity index (χ0) is 15.4. The average molecular weight is 421 g/mol. The highest BCUT2D eigenvalue weighted by Gasteiger charge is 2.16. The van der Waals surface area contributed by atoms with Gasteiger partial charge >= 0.3 is 5.97 Å². The van der Waals surface area contributed by atoms with Crippen LogP contribution in [0.3, 0.4) is 0 Å².